The van der Waals surface area contributed by atoms with E-state index < -0.39 is 0 Å². The third kappa shape index (κ3) is 3.58. The van der Waals surface area contributed by atoms with Crippen LogP contribution < -0.4 is 10.5 Å². The number of imide groups is 1. The van der Waals surface area contributed by atoms with Crippen LogP contribution in [0.3, 0.4) is 0 Å². The molecule has 1 aromatic carbocycles. The number of carbonyl (C=O) groups excluding carboxylic acids is 2. The van der Waals surface area contributed by atoms with Crippen molar-refractivity contribution in [1.29, 1.82) is 0 Å². The molecule has 0 saturated heterocycles. The highest BCUT2D eigenvalue weighted by atomic mass is 16.5. The molecule has 0 radical (unpaired) electrons. The van der Waals surface area contributed by atoms with E-state index in [1.54, 1.807) is 12.1 Å². The number of ether oxygens (including phenoxy) is 2. The molecule has 20 heavy (non-hydrogen) atoms. The van der Waals surface area contributed by atoms with E-state index in [0.717, 1.165) is 4.90 Å². The Morgan fingerprint density at radius 2 is 1.70 bits per heavy atom. The Balaban J connectivity index is 1.60. The maximum absolute atomic E-state index is 11.3. The monoisotopic (exact) mass is 276 g/mol. The molecular formula is C14H16N2O4. The van der Waals surface area contributed by atoms with Crippen LogP contribution >= 0.6 is 0 Å². The standard InChI is InChI=1S/C14H16N2O4/c15-11-3-1-2-4-12(11)20-10-9-19-8-7-16-13(17)5-6-14(16)18/h1-6H,7-10,15H2. The lowest BCUT2D eigenvalue weighted by Crippen LogP contribution is -2.33. The summed E-state index contributed by atoms with van der Waals surface area (Å²) in [4.78, 5) is 23.6. The van der Waals surface area contributed by atoms with Crippen LogP contribution in [0, 0.1) is 0 Å². The van der Waals surface area contributed by atoms with Crippen LogP contribution in [0.1, 0.15) is 0 Å². The number of nitrogens with two attached hydrogens (primary N) is 1. The van der Waals surface area contributed by atoms with Crippen molar-refractivity contribution in [2.45, 2.75) is 0 Å². The number of para-hydroxylation sites is 2. The SMILES string of the molecule is Nc1ccccc1OCCOCCN1C(=O)C=CC1=O. The molecule has 6 heteroatoms. The zero-order valence-electron chi connectivity index (χ0n) is 11.0. The number of carbonyl (C=O) groups is 2. The summed E-state index contributed by atoms with van der Waals surface area (Å²) in [6.45, 7) is 1.25. The van der Waals surface area contributed by atoms with Crippen molar-refractivity contribution in [1.82, 2.24) is 4.90 Å². The molecule has 1 aliphatic heterocycles. The molecule has 0 unspecified atom stereocenters. The maximum atomic E-state index is 11.3. The fraction of sp³-hybridized carbons (Fsp3) is 0.286. The van der Waals surface area contributed by atoms with Crippen LogP contribution in [0.15, 0.2) is 36.4 Å². The molecule has 6 nitrogen and oxygen atoms in total. The minimum Gasteiger partial charge on any atom is -0.489 e. The predicted molar refractivity (Wildman–Crippen MR) is 73.0 cm³/mol. The van der Waals surface area contributed by atoms with E-state index in [4.69, 9.17) is 15.2 Å². The molecule has 1 aliphatic rings. The van der Waals surface area contributed by atoms with Crippen LogP contribution in [0.5, 0.6) is 5.75 Å². The topological polar surface area (TPSA) is 81.9 Å². The molecule has 0 fully saturated rings. The number of nitrogen functional groups attached to an aromatic ring is 1. The Bertz CT molecular complexity index is 510. The fourth-order valence-electron chi connectivity index (χ4n) is 1.73. The first-order chi connectivity index (χ1) is 9.68. The molecule has 0 aromatic heterocycles. The lowest BCUT2D eigenvalue weighted by Gasteiger charge is -2.14. The van der Waals surface area contributed by atoms with Crippen molar-refractivity contribution in [3.8, 4) is 5.75 Å². The lowest BCUT2D eigenvalue weighted by atomic mass is 10.3. The normalized spacial score (nSPS) is 14.1. The zero-order valence-corrected chi connectivity index (χ0v) is 11.0. The van der Waals surface area contributed by atoms with Gasteiger partial charge in [0.15, 0.2) is 0 Å². The second-order valence-electron chi connectivity index (χ2n) is 4.16. The second-order valence-corrected chi connectivity index (χ2v) is 4.16. The van der Waals surface area contributed by atoms with Gasteiger partial charge in [0.25, 0.3) is 11.8 Å². The van der Waals surface area contributed by atoms with Crippen LogP contribution in [0.2, 0.25) is 0 Å². The first-order valence-electron chi connectivity index (χ1n) is 6.27. The third-order valence-electron chi connectivity index (χ3n) is 2.76. The minimum atomic E-state index is -0.299. The van der Waals surface area contributed by atoms with Crippen molar-refractivity contribution < 1.29 is 19.1 Å². The predicted octanol–water partition coefficient (Wildman–Crippen LogP) is 0.589. The summed E-state index contributed by atoms with van der Waals surface area (Å²) in [7, 11) is 0. The number of rotatable bonds is 7. The van der Waals surface area contributed by atoms with Gasteiger partial charge in [-0.05, 0) is 12.1 Å². The first kappa shape index (κ1) is 14.1. The summed E-state index contributed by atoms with van der Waals surface area (Å²) in [5, 5.41) is 0. The van der Waals surface area contributed by atoms with Gasteiger partial charge in [-0.2, -0.15) is 0 Å². The van der Waals surface area contributed by atoms with E-state index in [9.17, 15) is 9.59 Å². The average Bonchev–Trinajstić information content (AvgIpc) is 2.76. The Labute approximate surface area is 116 Å². The number of hydrogen-bond donors (Lipinski definition) is 1. The van der Waals surface area contributed by atoms with Gasteiger partial charge in [-0.3, -0.25) is 14.5 Å². The molecule has 1 aromatic rings. The van der Waals surface area contributed by atoms with Gasteiger partial charge in [-0.25, -0.2) is 0 Å². The minimum absolute atomic E-state index is 0.248. The molecule has 0 saturated carbocycles. The molecule has 1 heterocycles. The average molecular weight is 276 g/mol. The van der Waals surface area contributed by atoms with Crippen molar-refractivity contribution in [3.63, 3.8) is 0 Å². The van der Waals surface area contributed by atoms with Crippen LogP contribution in [-0.2, 0) is 14.3 Å². The van der Waals surface area contributed by atoms with E-state index in [-0.39, 0.29) is 25.0 Å². The molecular weight excluding hydrogens is 260 g/mol. The van der Waals surface area contributed by atoms with E-state index >= 15 is 0 Å². The van der Waals surface area contributed by atoms with Crippen LogP contribution in [0.25, 0.3) is 0 Å². The Kier molecular flexibility index (Phi) is 4.73. The molecule has 0 atom stereocenters. The van der Waals surface area contributed by atoms with E-state index in [1.807, 2.05) is 12.1 Å². The summed E-state index contributed by atoms with van der Waals surface area (Å²) >= 11 is 0. The zero-order chi connectivity index (χ0) is 14.4. The lowest BCUT2D eigenvalue weighted by molar-refractivity contribution is -0.137. The van der Waals surface area contributed by atoms with Crippen molar-refractivity contribution in [2.75, 3.05) is 32.1 Å². The number of nitrogens with zero attached hydrogens (tertiary/aromatic N) is 1. The van der Waals surface area contributed by atoms with Crippen LogP contribution in [0.4, 0.5) is 5.69 Å². The van der Waals surface area contributed by atoms with Gasteiger partial charge >= 0.3 is 0 Å². The van der Waals surface area contributed by atoms with Gasteiger partial charge in [0.2, 0.25) is 0 Å². The number of benzene rings is 1. The van der Waals surface area contributed by atoms with E-state index in [2.05, 4.69) is 0 Å². The van der Waals surface area contributed by atoms with Crippen molar-refractivity contribution in [3.05, 3.63) is 36.4 Å². The highest BCUT2D eigenvalue weighted by Crippen LogP contribution is 2.19. The van der Waals surface area contributed by atoms with Gasteiger partial charge in [0, 0.05) is 12.2 Å². The third-order valence-corrected chi connectivity index (χ3v) is 2.76. The summed E-state index contributed by atoms with van der Waals surface area (Å²) in [5.74, 6) is 0.0176. The number of hydrogen-bond acceptors (Lipinski definition) is 5. The fourth-order valence-corrected chi connectivity index (χ4v) is 1.73. The molecule has 2 amide bonds. The molecule has 106 valence electrons. The van der Waals surface area contributed by atoms with Crippen molar-refractivity contribution in [2.24, 2.45) is 0 Å². The Morgan fingerprint density at radius 3 is 2.40 bits per heavy atom. The number of amides is 2. The Morgan fingerprint density at radius 1 is 1.00 bits per heavy atom. The van der Waals surface area contributed by atoms with Gasteiger partial charge in [0.05, 0.1) is 25.4 Å². The van der Waals surface area contributed by atoms with Gasteiger partial charge in [-0.1, -0.05) is 12.1 Å². The summed E-state index contributed by atoms with van der Waals surface area (Å²) in [6.07, 6.45) is 2.51. The second kappa shape index (κ2) is 6.72. The smallest absolute Gasteiger partial charge is 0.253 e. The molecule has 0 bridgehead atoms. The largest absolute Gasteiger partial charge is 0.489 e. The van der Waals surface area contributed by atoms with Gasteiger partial charge in [-0.15, -0.1) is 0 Å². The Hall–Kier alpha value is -2.34. The highest BCUT2D eigenvalue weighted by molar-refractivity contribution is 6.12. The highest BCUT2D eigenvalue weighted by Gasteiger charge is 2.22. The van der Waals surface area contributed by atoms with Crippen LogP contribution in [-0.4, -0.2) is 43.1 Å². The van der Waals surface area contributed by atoms with Crippen molar-refractivity contribution >= 4 is 17.5 Å². The van der Waals surface area contributed by atoms with Gasteiger partial charge < -0.3 is 15.2 Å². The summed E-state index contributed by atoms with van der Waals surface area (Å²) < 4.78 is 10.8. The molecule has 0 aliphatic carbocycles. The van der Waals surface area contributed by atoms with E-state index in [1.165, 1.54) is 12.2 Å². The maximum Gasteiger partial charge on any atom is 0.253 e. The summed E-state index contributed by atoms with van der Waals surface area (Å²) in [6, 6.07) is 7.21. The molecule has 2 rings (SSSR count). The van der Waals surface area contributed by atoms with E-state index in [0.29, 0.717) is 24.7 Å². The molecule has 0 spiro atoms. The summed E-state index contributed by atoms with van der Waals surface area (Å²) in [5.41, 5.74) is 6.30. The van der Waals surface area contributed by atoms with Gasteiger partial charge in [0.1, 0.15) is 12.4 Å². The molecule has 2 N–H and O–H groups in total. The quantitative estimate of drug-likeness (QED) is 0.448. The number of anilines is 1. The first-order valence-corrected chi connectivity index (χ1v) is 6.27.